The van der Waals surface area contributed by atoms with Gasteiger partial charge in [-0.1, -0.05) is 11.6 Å². The number of aromatic carboxylic acids is 1. The highest BCUT2D eigenvalue weighted by Gasteiger charge is 2.09. The number of aromatic nitrogens is 1. The molecule has 0 spiro atoms. The molecule has 1 aromatic carbocycles. The number of benzene rings is 1. The van der Waals surface area contributed by atoms with Gasteiger partial charge in [0.05, 0.1) is 17.8 Å². The van der Waals surface area contributed by atoms with Crippen LogP contribution in [0, 0.1) is 0 Å². The van der Waals surface area contributed by atoms with Crippen LogP contribution in [-0.4, -0.2) is 42.2 Å². The Morgan fingerprint density at radius 2 is 2.16 bits per heavy atom. The summed E-state index contributed by atoms with van der Waals surface area (Å²) in [4.78, 5) is 26.6. The number of halogens is 1. The normalized spacial score (nSPS) is 10.3. The highest BCUT2D eigenvalue weighted by molar-refractivity contribution is 7.09. The van der Waals surface area contributed by atoms with Crippen molar-refractivity contribution in [1.29, 1.82) is 0 Å². The van der Waals surface area contributed by atoms with E-state index in [4.69, 9.17) is 21.4 Å². The van der Waals surface area contributed by atoms with Gasteiger partial charge in [-0.25, -0.2) is 9.78 Å². The first kappa shape index (κ1) is 19.0. The number of rotatable bonds is 9. The molecule has 0 aliphatic carbocycles. The van der Waals surface area contributed by atoms with E-state index in [0.717, 1.165) is 5.69 Å². The summed E-state index contributed by atoms with van der Waals surface area (Å²) in [7, 11) is 1.56. The number of hydrogen-bond donors (Lipinski definition) is 3. The second-order valence-corrected chi connectivity index (χ2v) is 6.43. The summed E-state index contributed by atoms with van der Waals surface area (Å²) in [6.45, 7) is 0.842. The number of thiazole rings is 1. The number of ether oxygens (including phenoxy) is 1. The summed E-state index contributed by atoms with van der Waals surface area (Å²) in [5, 5.41) is 17.4. The summed E-state index contributed by atoms with van der Waals surface area (Å²) < 4.78 is 5.22. The van der Waals surface area contributed by atoms with Gasteiger partial charge in [-0.3, -0.25) is 4.79 Å². The topological polar surface area (TPSA) is 101 Å². The second-order valence-electron chi connectivity index (χ2n) is 5.05. The number of amides is 1. The number of carbonyl (C=O) groups excluding carboxylic acids is 1. The molecule has 2 aromatic rings. The first-order valence-electron chi connectivity index (χ1n) is 7.51. The average Bonchev–Trinajstić information content (AvgIpc) is 3.04. The fourth-order valence-electron chi connectivity index (χ4n) is 2.05. The molecule has 2 rings (SSSR count). The summed E-state index contributed by atoms with van der Waals surface area (Å²) in [5.41, 5.74) is 0.762. The first-order chi connectivity index (χ1) is 12.0. The third-order valence-electron chi connectivity index (χ3n) is 3.26. The molecule has 1 aromatic heterocycles. The van der Waals surface area contributed by atoms with Crippen molar-refractivity contribution in [2.24, 2.45) is 0 Å². The van der Waals surface area contributed by atoms with E-state index in [0.29, 0.717) is 35.3 Å². The Kier molecular flexibility index (Phi) is 7.03. The van der Waals surface area contributed by atoms with Crippen LogP contribution in [0.3, 0.4) is 0 Å². The molecule has 0 saturated carbocycles. The lowest BCUT2D eigenvalue weighted by atomic mass is 10.2. The van der Waals surface area contributed by atoms with Gasteiger partial charge in [0.2, 0.25) is 5.91 Å². The van der Waals surface area contributed by atoms with Crippen molar-refractivity contribution in [3.8, 4) is 5.75 Å². The Morgan fingerprint density at radius 3 is 2.84 bits per heavy atom. The van der Waals surface area contributed by atoms with Crippen LogP contribution in [0.4, 0.5) is 5.69 Å². The van der Waals surface area contributed by atoms with Gasteiger partial charge < -0.3 is 20.5 Å². The molecule has 1 heterocycles. The number of anilines is 1. The van der Waals surface area contributed by atoms with Crippen molar-refractivity contribution < 1.29 is 19.4 Å². The number of hydrogen-bond acceptors (Lipinski definition) is 6. The second kappa shape index (κ2) is 9.24. The molecule has 0 aliphatic heterocycles. The van der Waals surface area contributed by atoms with Crippen LogP contribution in [-0.2, 0) is 11.2 Å². The van der Waals surface area contributed by atoms with Gasteiger partial charge in [-0.05, 0) is 18.2 Å². The van der Waals surface area contributed by atoms with E-state index in [1.165, 1.54) is 16.7 Å². The minimum atomic E-state index is -1.05. The third kappa shape index (κ3) is 5.91. The SMILES string of the molecule is COc1ccc(Cl)cc1NCCC(=O)NCCc1nc(C(=O)O)cs1. The van der Waals surface area contributed by atoms with Gasteiger partial charge in [-0.2, -0.15) is 0 Å². The molecule has 0 unspecified atom stereocenters. The lowest BCUT2D eigenvalue weighted by Gasteiger charge is -2.11. The number of carboxylic acid groups (broad SMARTS) is 1. The summed E-state index contributed by atoms with van der Waals surface area (Å²) in [5.74, 6) is -0.500. The largest absolute Gasteiger partial charge is 0.495 e. The van der Waals surface area contributed by atoms with E-state index in [-0.39, 0.29) is 18.0 Å². The number of nitrogens with zero attached hydrogens (tertiary/aromatic N) is 1. The molecule has 1 amide bonds. The zero-order valence-corrected chi connectivity index (χ0v) is 15.1. The molecule has 0 radical (unpaired) electrons. The van der Waals surface area contributed by atoms with Crippen molar-refractivity contribution in [2.45, 2.75) is 12.8 Å². The van der Waals surface area contributed by atoms with Gasteiger partial charge in [-0.15, -0.1) is 11.3 Å². The summed E-state index contributed by atoms with van der Waals surface area (Å²) in [6, 6.07) is 5.22. The standard InChI is InChI=1S/C16H18ClN3O4S/c1-24-13-3-2-10(17)8-11(13)18-6-4-14(21)19-7-5-15-20-12(9-25-15)16(22)23/h2-3,8-9,18H,4-7H2,1H3,(H,19,21)(H,22,23). The third-order valence-corrected chi connectivity index (χ3v) is 4.40. The van der Waals surface area contributed by atoms with Gasteiger partial charge >= 0.3 is 5.97 Å². The van der Waals surface area contributed by atoms with Crippen LogP contribution in [0.2, 0.25) is 5.02 Å². The number of nitrogens with one attached hydrogen (secondary N) is 2. The number of carbonyl (C=O) groups is 2. The maximum Gasteiger partial charge on any atom is 0.355 e. The lowest BCUT2D eigenvalue weighted by Crippen LogP contribution is -2.27. The summed E-state index contributed by atoms with van der Waals surface area (Å²) >= 11 is 7.21. The smallest absolute Gasteiger partial charge is 0.355 e. The van der Waals surface area contributed by atoms with Crippen LogP contribution in [0.1, 0.15) is 21.9 Å². The van der Waals surface area contributed by atoms with E-state index >= 15 is 0 Å². The maximum atomic E-state index is 11.8. The predicted molar refractivity (Wildman–Crippen MR) is 96.9 cm³/mol. The van der Waals surface area contributed by atoms with Gasteiger partial charge in [0, 0.05) is 36.3 Å². The number of methoxy groups -OCH3 is 1. The molecule has 7 nitrogen and oxygen atoms in total. The zero-order valence-electron chi connectivity index (χ0n) is 13.5. The molecule has 25 heavy (non-hydrogen) atoms. The highest BCUT2D eigenvalue weighted by atomic mass is 35.5. The van der Waals surface area contributed by atoms with E-state index in [1.54, 1.807) is 25.3 Å². The van der Waals surface area contributed by atoms with Gasteiger partial charge in [0.15, 0.2) is 5.69 Å². The maximum absolute atomic E-state index is 11.8. The molecule has 0 fully saturated rings. The molecule has 9 heteroatoms. The van der Waals surface area contributed by atoms with E-state index in [9.17, 15) is 9.59 Å². The minimum absolute atomic E-state index is 0.0333. The van der Waals surface area contributed by atoms with Crippen LogP contribution < -0.4 is 15.4 Å². The molecular weight excluding hydrogens is 366 g/mol. The van der Waals surface area contributed by atoms with Crippen molar-refractivity contribution in [3.63, 3.8) is 0 Å². The molecule has 0 aliphatic rings. The Morgan fingerprint density at radius 1 is 1.36 bits per heavy atom. The monoisotopic (exact) mass is 383 g/mol. The fraction of sp³-hybridized carbons (Fsp3) is 0.312. The number of carboxylic acids is 1. The minimum Gasteiger partial charge on any atom is -0.495 e. The van der Waals surface area contributed by atoms with E-state index in [2.05, 4.69) is 15.6 Å². The molecular formula is C16H18ClN3O4S. The van der Waals surface area contributed by atoms with Crippen LogP contribution in [0.15, 0.2) is 23.6 Å². The Balaban J connectivity index is 1.70. The van der Waals surface area contributed by atoms with Crippen molar-refractivity contribution in [1.82, 2.24) is 10.3 Å². The van der Waals surface area contributed by atoms with Crippen molar-refractivity contribution in [3.05, 3.63) is 39.3 Å². The molecule has 0 saturated heterocycles. The summed E-state index contributed by atoms with van der Waals surface area (Å²) in [6.07, 6.45) is 0.785. The lowest BCUT2D eigenvalue weighted by molar-refractivity contribution is -0.120. The van der Waals surface area contributed by atoms with E-state index in [1.807, 2.05) is 0 Å². The van der Waals surface area contributed by atoms with Crippen molar-refractivity contribution in [2.75, 3.05) is 25.5 Å². The first-order valence-corrected chi connectivity index (χ1v) is 8.77. The fourth-order valence-corrected chi connectivity index (χ4v) is 2.99. The quantitative estimate of drug-likeness (QED) is 0.615. The Hall–Kier alpha value is -2.32. The van der Waals surface area contributed by atoms with Gasteiger partial charge in [0.1, 0.15) is 5.75 Å². The Labute approximate surface area is 154 Å². The average molecular weight is 384 g/mol. The van der Waals surface area contributed by atoms with E-state index < -0.39 is 5.97 Å². The molecule has 0 atom stereocenters. The Bertz CT molecular complexity index is 751. The zero-order chi connectivity index (χ0) is 18.2. The van der Waals surface area contributed by atoms with Gasteiger partial charge in [0.25, 0.3) is 0 Å². The van der Waals surface area contributed by atoms with Crippen LogP contribution >= 0.6 is 22.9 Å². The molecule has 134 valence electrons. The van der Waals surface area contributed by atoms with Crippen LogP contribution in [0.5, 0.6) is 5.75 Å². The van der Waals surface area contributed by atoms with Crippen LogP contribution in [0.25, 0.3) is 0 Å². The highest BCUT2D eigenvalue weighted by Crippen LogP contribution is 2.27. The molecule has 0 bridgehead atoms. The molecule has 3 N–H and O–H groups in total. The van der Waals surface area contributed by atoms with Crippen molar-refractivity contribution >= 4 is 40.5 Å². The predicted octanol–water partition coefficient (Wildman–Crippen LogP) is 2.66.